The number of hydrogen-bond acceptors (Lipinski definition) is 13. The molecular weight excluding hydrogens is 781 g/mol. The van der Waals surface area contributed by atoms with Crippen molar-refractivity contribution >= 4 is 58.7 Å². The molecule has 0 saturated carbocycles. The third kappa shape index (κ3) is 18.1. The normalized spacial score (nSPS) is 12.5. The zero-order chi connectivity index (χ0) is 44.0. The summed E-state index contributed by atoms with van der Waals surface area (Å²) in [6, 6.07) is 13.1. The molecule has 5 amide bonds. The maximum absolute atomic E-state index is 12.9. The molecule has 60 heavy (non-hydrogen) atoms. The number of amides is 5. The maximum atomic E-state index is 12.9. The molecule has 0 fully saturated rings. The Morgan fingerprint density at radius 1 is 0.883 bits per heavy atom. The number of unbranched alkanes of at least 4 members (excludes halogenated alkanes) is 1. The number of pyridine rings is 1. The van der Waals surface area contributed by atoms with Gasteiger partial charge in [-0.2, -0.15) is 5.11 Å². The molecule has 0 bridgehead atoms. The SMILES string of the molecule is CC(C)N=Nc1ccc(C(O)NCCCCC(NC(=O)CCCOc2ccc(NC(=O)C(CC(=O)O)NC(=O)CNC(=O)c3cccc(N=C(N)N)c3)cc2)C(N)=O)cn1. The van der Waals surface area contributed by atoms with E-state index in [0.29, 0.717) is 55.0 Å². The Kier molecular flexibility index (Phi) is 19.5. The third-order valence-electron chi connectivity index (χ3n) is 8.16. The number of azo groups is 1. The molecule has 3 rings (SSSR count). The number of nitrogens with two attached hydrogens (primary N) is 3. The predicted molar refractivity (Wildman–Crippen MR) is 220 cm³/mol. The number of ether oxygens (including phenoxy) is 1. The van der Waals surface area contributed by atoms with Crippen LogP contribution in [0, 0.1) is 0 Å². The molecule has 0 spiro atoms. The van der Waals surface area contributed by atoms with Crippen LogP contribution in [0.15, 0.2) is 82.1 Å². The number of carboxylic acid groups (broad SMARTS) is 1. The first-order valence-electron chi connectivity index (χ1n) is 19.0. The predicted octanol–water partition coefficient (Wildman–Crippen LogP) is 1.39. The first-order valence-corrected chi connectivity index (χ1v) is 19.0. The number of aromatic nitrogens is 1. The van der Waals surface area contributed by atoms with Gasteiger partial charge in [0.1, 0.15) is 24.1 Å². The lowest BCUT2D eigenvalue weighted by Crippen LogP contribution is -2.48. The van der Waals surface area contributed by atoms with Crippen LogP contribution < -0.4 is 48.5 Å². The van der Waals surface area contributed by atoms with Crippen molar-refractivity contribution < 1.29 is 43.7 Å². The van der Waals surface area contributed by atoms with Crippen molar-refractivity contribution in [2.45, 2.75) is 76.7 Å². The number of carboxylic acids is 1. The topological polar surface area (TPSA) is 340 Å². The Bertz CT molecular complexity index is 1970. The van der Waals surface area contributed by atoms with Gasteiger partial charge < -0.3 is 53.4 Å². The molecule has 0 aliphatic heterocycles. The largest absolute Gasteiger partial charge is 0.494 e. The van der Waals surface area contributed by atoms with Crippen LogP contribution in [0.1, 0.15) is 74.5 Å². The molecule has 0 radical (unpaired) electrons. The van der Waals surface area contributed by atoms with Gasteiger partial charge in [-0.15, -0.1) is 5.11 Å². The number of aliphatic imine (C=N–C) groups is 1. The van der Waals surface area contributed by atoms with Crippen molar-refractivity contribution in [3.63, 3.8) is 0 Å². The van der Waals surface area contributed by atoms with Gasteiger partial charge >= 0.3 is 5.97 Å². The summed E-state index contributed by atoms with van der Waals surface area (Å²) in [6.45, 7) is 3.84. The molecule has 3 unspecified atom stereocenters. The zero-order valence-electron chi connectivity index (χ0n) is 33.3. The number of aliphatic hydroxyl groups is 1. The molecule has 3 aromatic rings. The molecule has 0 saturated heterocycles. The number of carbonyl (C=O) groups excluding carboxylic acids is 5. The van der Waals surface area contributed by atoms with Crippen LogP contribution in [0.2, 0.25) is 0 Å². The van der Waals surface area contributed by atoms with Gasteiger partial charge in [0.15, 0.2) is 11.8 Å². The summed E-state index contributed by atoms with van der Waals surface area (Å²) in [7, 11) is 0. The molecule has 1 aromatic heterocycles. The van der Waals surface area contributed by atoms with Gasteiger partial charge in [0, 0.05) is 29.4 Å². The summed E-state index contributed by atoms with van der Waals surface area (Å²) in [6.07, 6.45) is 1.68. The highest BCUT2D eigenvalue weighted by atomic mass is 16.5. The van der Waals surface area contributed by atoms with Gasteiger partial charge in [0.25, 0.3) is 5.91 Å². The van der Waals surface area contributed by atoms with Gasteiger partial charge in [-0.25, -0.2) is 9.98 Å². The van der Waals surface area contributed by atoms with Crippen molar-refractivity contribution in [1.29, 1.82) is 0 Å². The van der Waals surface area contributed by atoms with E-state index >= 15 is 0 Å². The first-order chi connectivity index (χ1) is 28.6. The minimum Gasteiger partial charge on any atom is -0.494 e. The number of aliphatic hydroxyl groups excluding tert-OH is 1. The average Bonchev–Trinajstić information content (AvgIpc) is 3.20. The van der Waals surface area contributed by atoms with Crippen LogP contribution in [0.5, 0.6) is 5.75 Å². The van der Waals surface area contributed by atoms with E-state index < -0.39 is 60.9 Å². The summed E-state index contributed by atoms with van der Waals surface area (Å²) >= 11 is 0. The third-order valence-corrected chi connectivity index (χ3v) is 8.16. The number of carbonyl (C=O) groups is 6. The Hall–Kier alpha value is -7.00. The second kappa shape index (κ2) is 24.7. The number of rotatable bonds is 25. The van der Waals surface area contributed by atoms with E-state index in [9.17, 15) is 39.0 Å². The number of anilines is 1. The van der Waals surface area contributed by atoms with Crippen LogP contribution in [0.25, 0.3) is 0 Å². The number of primary amides is 1. The number of guanidine groups is 1. The summed E-state index contributed by atoms with van der Waals surface area (Å²) in [4.78, 5) is 82.0. The van der Waals surface area contributed by atoms with E-state index in [0.717, 1.165) is 0 Å². The standard InChI is InChI=1S/C39H52N12O9/c1-23(2)50-51-31-16-11-25(21-44-31)37(58)43-17-4-3-9-29(35(40)56)48-32(52)10-6-18-60-28-14-12-26(13-15-28)46-38(59)30(20-34(54)55)49-33(53)22-45-36(57)24-7-5-8-27(19-24)47-39(41)42/h5,7-8,11-16,19,21,23,29-30,37,43,58H,3-4,6,9-10,17-18,20,22H2,1-2H3,(H2,40,56)(H,45,57)(H,46,59)(H,48,52)(H,49,53)(H,54,55)(H4,41,42,47). The number of nitrogens with one attached hydrogen (secondary N) is 5. The van der Waals surface area contributed by atoms with Crippen molar-refractivity contribution in [2.75, 3.05) is 25.0 Å². The van der Waals surface area contributed by atoms with Gasteiger partial charge in [0.05, 0.1) is 31.3 Å². The van der Waals surface area contributed by atoms with E-state index in [4.69, 9.17) is 21.9 Å². The highest BCUT2D eigenvalue weighted by molar-refractivity contribution is 6.01. The molecule has 1 heterocycles. The fraction of sp³-hybridized carbons (Fsp3) is 0.385. The molecule has 322 valence electrons. The fourth-order valence-electron chi connectivity index (χ4n) is 5.22. The molecule has 3 atom stereocenters. The van der Waals surface area contributed by atoms with Crippen LogP contribution in [0.3, 0.4) is 0 Å². The minimum atomic E-state index is -1.47. The van der Waals surface area contributed by atoms with Crippen molar-refractivity contribution in [3.8, 4) is 5.75 Å². The van der Waals surface area contributed by atoms with Crippen molar-refractivity contribution in [2.24, 2.45) is 32.4 Å². The minimum absolute atomic E-state index is 0.0439. The Morgan fingerprint density at radius 3 is 2.27 bits per heavy atom. The van der Waals surface area contributed by atoms with Gasteiger partial charge in [0.2, 0.25) is 23.6 Å². The lowest BCUT2D eigenvalue weighted by atomic mass is 10.1. The zero-order valence-corrected chi connectivity index (χ0v) is 33.3. The first kappa shape index (κ1) is 47.4. The van der Waals surface area contributed by atoms with E-state index in [1.54, 1.807) is 30.3 Å². The number of nitrogens with zero attached hydrogens (tertiary/aromatic N) is 4. The molecule has 21 nitrogen and oxygen atoms in total. The smallest absolute Gasteiger partial charge is 0.305 e. The van der Waals surface area contributed by atoms with Gasteiger partial charge in [-0.1, -0.05) is 6.07 Å². The maximum Gasteiger partial charge on any atom is 0.305 e. The Labute approximate surface area is 346 Å². The van der Waals surface area contributed by atoms with E-state index in [1.165, 1.54) is 36.5 Å². The highest BCUT2D eigenvalue weighted by Crippen LogP contribution is 2.18. The molecule has 0 aliphatic rings. The number of benzene rings is 2. The summed E-state index contributed by atoms with van der Waals surface area (Å²) in [5.41, 5.74) is 17.5. The van der Waals surface area contributed by atoms with Crippen molar-refractivity contribution in [1.82, 2.24) is 26.3 Å². The molecule has 21 heteroatoms. The second-order valence-corrected chi connectivity index (χ2v) is 13.6. The second-order valence-electron chi connectivity index (χ2n) is 13.6. The number of aliphatic carboxylic acids is 1. The molecule has 2 aromatic carbocycles. The summed E-state index contributed by atoms with van der Waals surface area (Å²) < 4.78 is 5.68. The fourth-order valence-corrected chi connectivity index (χ4v) is 5.22. The van der Waals surface area contributed by atoms with Crippen LogP contribution >= 0.6 is 0 Å². The molecular formula is C39H52N12O9. The lowest BCUT2D eigenvalue weighted by Gasteiger charge is -2.17. The van der Waals surface area contributed by atoms with Gasteiger partial charge in [-0.05, 0) is 101 Å². The average molecular weight is 833 g/mol. The molecule has 13 N–H and O–H groups in total. The highest BCUT2D eigenvalue weighted by Gasteiger charge is 2.24. The summed E-state index contributed by atoms with van der Waals surface area (Å²) in [5.74, 6) is -3.99. The van der Waals surface area contributed by atoms with Crippen LogP contribution in [0.4, 0.5) is 17.2 Å². The quantitative estimate of drug-likeness (QED) is 0.0190. The van der Waals surface area contributed by atoms with Crippen molar-refractivity contribution in [3.05, 3.63) is 78.0 Å². The lowest BCUT2D eigenvalue weighted by molar-refractivity contribution is -0.139. The summed E-state index contributed by atoms with van der Waals surface area (Å²) in [5, 5.41) is 40.6. The number of hydrogen-bond donors (Lipinski definition) is 10. The van der Waals surface area contributed by atoms with E-state index in [1.807, 2.05) is 13.8 Å². The monoisotopic (exact) mass is 832 g/mol. The van der Waals surface area contributed by atoms with E-state index in [-0.39, 0.29) is 42.2 Å². The van der Waals surface area contributed by atoms with Gasteiger partial charge in [-0.3, -0.25) is 34.1 Å². The molecule has 0 aliphatic carbocycles. The van der Waals surface area contributed by atoms with E-state index in [2.05, 4.69) is 46.8 Å². The van der Waals surface area contributed by atoms with Crippen LogP contribution in [-0.2, 0) is 24.0 Å². The van der Waals surface area contributed by atoms with Crippen LogP contribution in [-0.4, -0.2) is 94.5 Å². The Balaban J connectivity index is 1.36. The Morgan fingerprint density at radius 2 is 1.62 bits per heavy atom.